The van der Waals surface area contributed by atoms with E-state index < -0.39 is 17.9 Å². The lowest BCUT2D eigenvalue weighted by Gasteiger charge is -2.30. The van der Waals surface area contributed by atoms with Gasteiger partial charge in [0, 0.05) is 0 Å². The van der Waals surface area contributed by atoms with Crippen molar-refractivity contribution in [3.63, 3.8) is 0 Å². The molecule has 1 saturated heterocycles. The molecule has 0 bridgehead atoms. The van der Waals surface area contributed by atoms with E-state index in [4.69, 9.17) is 21.7 Å². The van der Waals surface area contributed by atoms with E-state index in [-0.39, 0.29) is 10.2 Å². The van der Waals surface area contributed by atoms with Crippen LogP contribution in [0.25, 0.3) is 6.08 Å². The number of carboxylic acid groups (broad SMARTS) is 1. The second-order valence-corrected chi connectivity index (χ2v) is 7.35. The minimum atomic E-state index is -1.32. The van der Waals surface area contributed by atoms with Gasteiger partial charge in [0.2, 0.25) is 0 Å². The summed E-state index contributed by atoms with van der Waals surface area (Å²) in [6.07, 6.45) is 1.65. The van der Waals surface area contributed by atoms with Crippen LogP contribution in [0.4, 0.5) is 0 Å². The molecule has 0 saturated carbocycles. The molecule has 0 radical (unpaired) electrons. The monoisotopic (exact) mass is 380 g/mol. The van der Waals surface area contributed by atoms with E-state index in [9.17, 15) is 14.7 Å². The second-order valence-electron chi connectivity index (χ2n) is 5.67. The topological polar surface area (TPSA) is 78.9 Å². The lowest BCUT2D eigenvalue weighted by Crippen LogP contribution is -2.52. The van der Waals surface area contributed by atoms with Gasteiger partial charge in [-0.2, -0.15) is 0 Å². The fourth-order valence-electron chi connectivity index (χ4n) is 2.49. The van der Waals surface area contributed by atoms with Gasteiger partial charge in [-0.15, -0.1) is 0 Å². The number of rotatable bonds is 6. The van der Waals surface area contributed by atoms with E-state index in [2.05, 4.69) is 0 Å². The number of aliphatic carboxylic acids is 1. The Morgan fingerprint density at radius 3 is 2.44 bits per heavy atom. The Bertz CT molecular complexity index is 745. The van der Waals surface area contributed by atoms with Crippen LogP contribution in [0.1, 0.15) is 19.4 Å². The van der Waals surface area contributed by atoms with Crippen LogP contribution in [0.3, 0.4) is 0 Å². The summed E-state index contributed by atoms with van der Waals surface area (Å²) in [6, 6.07) is 4.13. The molecule has 0 spiro atoms. The summed E-state index contributed by atoms with van der Waals surface area (Å²) in [7, 11) is 3.06. The van der Waals surface area contributed by atoms with Crippen LogP contribution in [-0.2, 0) is 9.59 Å². The molecule has 1 aromatic rings. The van der Waals surface area contributed by atoms with Crippen molar-refractivity contribution in [2.75, 3.05) is 14.2 Å². The zero-order chi connectivity index (χ0) is 18.7. The highest BCUT2D eigenvalue weighted by molar-refractivity contribution is 8.26. The van der Waals surface area contributed by atoms with E-state index in [1.54, 1.807) is 38.1 Å². The zero-order valence-electron chi connectivity index (χ0n) is 14.3. The molecule has 1 aliphatic heterocycles. The summed E-state index contributed by atoms with van der Waals surface area (Å²) in [5.74, 6) is -0.982. The minimum absolute atomic E-state index is 0.208. The van der Waals surface area contributed by atoms with Crippen LogP contribution in [0.2, 0.25) is 0 Å². The van der Waals surface area contributed by atoms with Gasteiger partial charge in [-0.3, -0.25) is 9.69 Å². The van der Waals surface area contributed by atoms with Gasteiger partial charge in [0.05, 0.1) is 31.1 Å². The predicted octanol–water partition coefficient (Wildman–Crippen LogP) is 1.68. The summed E-state index contributed by atoms with van der Waals surface area (Å²) in [5, 5.41) is 11.4. The van der Waals surface area contributed by atoms with Crippen LogP contribution in [0, 0.1) is 5.92 Å². The number of nitrogens with zero attached hydrogens (tertiary/aromatic N) is 1. The fourth-order valence-corrected chi connectivity index (χ4v) is 3.82. The smallest absolute Gasteiger partial charge is 0.266 e. The third kappa shape index (κ3) is 3.96. The molecule has 1 heterocycles. The molecule has 8 heteroatoms. The molecular weight excluding hydrogens is 362 g/mol. The number of carboxylic acids is 1. The number of amides is 1. The van der Waals surface area contributed by atoms with E-state index in [1.165, 1.54) is 14.2 Å². The molecule has 6 nitrogen and oxygen atoms in total. The number of benzene rings is 1. The van der Waals surface area contributed by atoms with Crippen molar-refractivity contribution in [3.05, 3.63) is 28.7 Å². The van der Waals surface area contributed by atoms with Crippen molar-refractivity contribution in [1.82, 2.24) is 4.90 Å². The van der Waals surface area contributed by atoms with Gasteiger partial charge in [-0.25, -0.2) is 0 Å². The lowest BCUT2D eigenvalue weighted by atomic mass is 10.0. The van der Waals surface area contributed by atoms with E-state index in [0.717, 1.165) is 16.7 Å². The lowest BCUT2D eigenvalue weighted by molar-refractivity contribution is -0.311. The molecule has 0 aliphatic carbocycles. The van der Waals surface area contributed by atoms with Crippen LogP contribution in [0.5, 0.6) is 11.5 Å². The van der Waals surface area contributed by atoms with Gasteiger partial charge in [0.15, 0.2) is 11.5 Å². The summed E-state index contributed by atoms with van der Waals surface area (Å²) in [4.78, 5) is 25.5. The number of hydrogen-bond donors (Lipinski definition) is 0. The van der Waals surface area contributed by atoms with Crippen molar-refractivity contribution >= 4 is 46.3 Å². The van der Waals surface area contributed by atoms with Crippen molar-refractivity contribution in [2.24, 2.45) is 5.92 Å². The molecule has 1 amide bonds. The first-order valence-electron chi connectivity index (χ1n) is 7.50. The number of thiocarbonyl (C=S) groups is 1. The van der Waals surface area contributed by atoms with Crippen molar-refractivity contribution in [1.29, 1.82) is 0 Å². The quantitative estimate of drug-likeness (QED) is 0.549. The van der Waals surface area contributed by atoms with Gasteiger partial charge in [-0.1, -0.05) is 43.9 Å². The molecule has 0 N–H and O–H groups in total. The van der Waals surface area contributed by atoms with E-state index in [0.29, 0.717) is 22.0 Å². The normalized spacial score (nSPS) is 17.3. The molecule has 25 heavy (non-hydrogen) atoms. The maximum atomic E-state index is 12.7. The van der Waals surface area contributed by atoms with E-state index in [1.807, 2.05) is 0 Å². The molecule has 1 aliphatic rings. The van der Waals surface area contributed by atoms with Crippen molar-refractivity contribution in [3.8, 4) is 11.5 Å². The third-order valence-electron chi connectivity index (χ3n) is 3.68. The Morgan fingerprint density at radius 1 is 1.28 bits per heavy atom. The summed E-state index contributed by atoms with van der Waals surface area (Å²) >= 11 is 6.27. The maximum absolute atomic E-state index is 12.7. The minimum Gasteiger partial charge on any atom is -0.548 e. The van der Waals surface area contributed by atoms with E-state index >= 15 is 0 Å². The number of carbonyl (C=O) groups excluding carboxylic acids is 2. The average Bonchev–Trinajstić information content (AvgIpc) is 2.82. The van der Waals surface area contributed by atoms with Crippen molar-refractivity contribution < 1.29 is 24.2 Å². The molecule has 1 atom stereocenters. The second kappa shape index (κ2) is 7.88. The van der Waals surface area contributed by atoms with Crippen LogP contribution >= 0.6 is 24.0 Å². The maximum Gasteiger partial charge on any atom is 0.266 e. The zero-order valence-corrected chi connectivity index (χ0v) is 15.9. The van der Waals surface area contributed by atoms with Crippen molar-refractivity contribution in [2.45, 2.75) is 19.9 Å². The molecule has 134 valence electrons. The van der Waals surface area contributed by atoms with Crippen LogP contribution in [0.15, 0.2) is 23.1 Å². The Balaban J connectivity index is 2.36. The Hall–Kier alpha value is -2.06. The van der Waals surface area contributed by atoms with Gasteiger partial charge >= 0.3 is 0 Å². The molecule has 1 fully saturated rings. The Labute approximate surface area is 155 Å². The first-order chi connectivity index (χ1) is 11.8. The molecule has 1 aromatic carbocycles. The summed E-state index contributed by atoms with van der Waals surface area (Å²) in [6.45, 7) is 3.41. The van der Waals surface area contributed by atoms with Gasteiger partial charge < -0.3 is 19.4 Å². The van der Waals surface area contributed by atoms with Gasteiger partial charge in [-0.05, 0) is 29.7 Å². The largest absolute Gasteiger partial charge is 0.548 e. The Kier molecular flexibility index (Phi) is 6.07. The molecule has 0 aromatic heterocycles. The standard InChI is InChI=1S/C17H19NO5S2/c1-9(2)14(16(20)21)18-15(19)13(25-17(18)24)8-10-5-6-11(22-3)12(7-10)23-4/h5-9,14H,1-4H3,(H,20,21)/p-1/b13-8+/t14-/m0/s1. The van der Waals surface area contributed by atoms with Crippen LogP contribution in [-0.4, -0.2) is 41.4 Å². The SMILES string of the molecule is COc1ccc(/C=C2/SC(=S)N([C@H](C(=O)[O-])C(C)C)C2=O)cc1OC. The predicted molar refractivity (Wildman–Crippen MR) is 98.2 cm³/mol. The summed E-state index contributed by atoms with van der Waals surface area (Å²) in [5.41, 5.74) is 0.715. The number of hydrogen-bond acceptors (Lipinski definition) is 7. The fraction of sp³-hybridized carbons (Fsp3) is 0.353. The molecular formula is C17H18NO5S2-. The number of ether oxygens (including phenoxy) is 2. The average molecular weight is 380 g/mol. The Morgan fingerprint density at radius 2 is 1.92 bits per heavy atom. The first kappa shape index (κ1) is 19.3. The third-order valence-corrected chi connectivity index (χ3v) is 5.01. The highest BCUT2D eigenvalue weighted by atomic mass is 32.2. The van der Waals surface area contributed by atoms with Gasteiger partial charge in [0.1, 0.15) is 4.32 Å². The van der Waals surface area contributed by atoms with Crippen LogP contribution < -0.4 is 14.6 Å². The summed E-state index contributed by atoms with van der Waals surface area (Å²) < 4.78 is 10.6. The first-order valence-corrected chi connectivity index (χ1v) is 8.72. The highest BCUT2D eigenvalue weighted by Crippen LogP contribution is 2.36. The molecule has 0 unspecified atom stereocenters. The number of thioether (sulfide) groups is 1. The highest BCUT2D eigenvalue weighted by Gasteiger charge is 2.39. The van der Waals surface area contributed by atoms with Gasteiger partial charge in [0.25, 0.3) is 5.91 Å². The molecule has 2 rings (SSSR count). The number of carbonyl (C=O) groups is 2. The number of methoxy groups -OCH3 is 2.